The number of nitrogens with zero attached hydrogens (tertiary/aromatic N) is 1. The largest absolute Gasteiger partial charge is 0.354 e. The number of hydrogen-bond acceptors (Lipinski definition) is 2. The second kappa shape index (κ2) is 8.58. The molecular formula is C24H29ClN2O2. The average Bonchev–Trinajstić information content (AvgIpc) is 2.78. The van der Waals surface area contributed by atoms with E-state index >= 15 is 0 Å². The lowest BCUT2D eigenvalue weighted by atomic mass is 9.90. The molecule has 1 heterocycles. The van der Waals surface area contributed by atoms with E-state index in [2.05, 4.69) is 19.2 Å². The van der Waals surface area contributed by atoms with Crippen LogP contribution in [-0.2, 0) is 11.2 Å². The number of nitrogens with one attached hydrogen (secondary N) is 1. The highest BCUT2D eigenvalue weighted by atomic mass is 35.5. The van der Waals surface area contributed by atoms with Gasteiger partial charge < -0.3 is 5.32 Å². The van der Waals surface area contributed by atoms with Gasteiger partial charge in [0.1, 0.15) is 5.54 Å². The van der Waals surface area contributed by atoms with Gasteiger partial charge in [-0.25, -0.2) is 0 Å². The Morgan fingerprint density at radius 1 is 1.24 bits per heavy atom. The van der Waals surface area contributed by atoms with Crippen molar-refractivity contribution in [2.24, 2.45) is 5.92 Å². The molecule has 0 radical (unpaired) electrons. The van der Waals surface area contributed by atoms with Crippen molar-refractivity contribution < 1.29 is 9.59 Å². The van der Waals surface area contributed by atoms with Crippen molar-refractivity contribution in [1.29, 1.82) is 0 Å². The van der Waals surface area contributed by atoms with Crippen molar-refractivity contribution >= 4 is 29.1 Å². The van der Waals surface area contributed by atoms with Crippen molar-refractivity contribution in [3.8, 4) is 0 Å². The molecular weight excluding hydrogens is 384 g/mol. The molecule has 2 amide bonds. The predicted molar refractivity (Wildman–Crippen MR) is 119 cm³/mol. The first-order valence-corrected chi connectivity index (χ1v) is 10.6. The van der Waals surface area contributed by atoms with Gasteiger partial charge in [-0.15, -0.1) is 0 Å². The Hall–Kier alpha value is -2.33. The standard InChI is InChI=1S/C24H29ClN2O2/c1-16(2)12-14-26-23(29)24(4)13-11-18-7-5-6-8-20(18)22(28)27(24)21-10-9-19(25)15-17(21)3/h5-10,15-16H,11-14H2,1-4H3,(H,26,29). The molecule has 1 aliphatic heterocycles. The van der Waals surface area contributed by atoms with Gasteiger partial charge in [0.2, 0.25) is 5.91 Å². The lowest BCUT2D eigenvalue weighted by molar-refractivity contribution is -0.126. The SMILES string of the molecule is Cc1cc(Cl)ccc1N1C(=O)c2ccccc2CCC1(C)C(=O)NCCC(C)C. The molecule has 1 unspecified atom stereocenters. The maximum Gasteiger partial charge on any atom is 0.259 e. The number of anilines is 1. The summed E-state index contributed by atoms with van der Waals surface area (Å²) in [6.45, 7) is 8.64. The predicted octanol–water partition coefficient (Wildman–Crippen LogP) is 5.16. The highest BCUT2D eigenvalue weighted by Gasteiger charge is 2.45. The summed E-state index contributed by atoms with van der Waals surface area (Å²) < 4.78 is 0. The fourth-order valence-electron chi connectivity index (χ4n) is 3.91. The molecule has 1 aliphatic rings. The first-order valence-electron chi connectivity index (χ1n) is 10.2. The van der Waals surface area contributed by atoms with Crippen molar-refractivity contribution in [3.63, 3.8) is 0 Å². The van der Waals surface area contributed by atoms with E-state index in [0.29, 0.717) is 35.9 Å². The third-order valence-corrected chi connectivity index (χ3v) is 5.96. The topological polar surface area (TPSA) is 49.4 Å². The number of fused-ring (bicyclic) bond motifs is 1. The summed E-state index contributed by atoms with van der Waals surface area (Å²) in [4.78, 5) is 28.7. The van der Waals surface area contributed by atoms with Crippen LogP contribution in [0.1, 0.15) is 55.1 Å². The highest BCUT2D eigenvalue weighted by Crippen LogP contribution is 2.37. The van der Waals surface area contributed by atoms with Gasteiger partial charge in [0, 0.05) is 22.8 Å². The summed E-state index contributed by atoms with van der Waals surface area (Å²) >= 11 is 6.15. The van der Waals surface area contributed by atoms with Gasteiger partial charge >= 0.3 is 0 Å². The minimum atomic E-state index is -0.994. The number of rotatable bonds is 5. The maximum atomic E-state index is 13.7. The monoisotopic (exact) mass is 412 g/mol. The number of carbonyl (C=O) groups excluding carboxylic acids is 2. The second-order valence-corrected chi connectivity index (χ2v) is 8.88. The van der Waals surface area contributed by atoms with Crippen molar-refractivity contribution in [3.05, 3.63) is 64.2 Å². The van der Waals surface area contributed by atoms with Crippen LogP contribution in [0.25, 0.3) is 0 Å². The number of carbonyl (C=O) groups is 2. The molecule has 4 nitrogen and oxygen atoms in total. The summed E-state index contributed by atoms with van der Waals surface area (Å²) in [6.07, 6.45) is 2.11. The van der Waals surface area contributed by atoms with Crippen LogP contribution in [0.3, 0.4) is 0 Å². The van der Waals surface area contributed by atoms with Gasteiger partial charge in [0.05, 0.1) is 0 Å². The van der Waals surface area contributed by atoms with E-state index < -0.39 is 5.54 Å². The Labute approximate surface area is 178 Å². The minimum Gasteiger partial charge on any atom is -0.354 e. The number of halogens is 1. The van der Waals surface area contributed by atoms with E-state index in [9.17, 15) is 9.59 Å². The van der Waals surface area contributed by atoms with Crippen LogP contribution < -0.4 is 10.2 Å². The smallest absolute Gasteiger partial charge is 0.259 e. The first-order chi connectivity index (χ1) is 13.7. The molecule has 0 bridgehead atoms. The number of benzene rings is 2. The third kappa shape index (κ3) is 4.32. The summed E-state index contributed by atoms with van der Waals surface area (Å²) in [6, 6.07) is 13.1. The number of aryl methyl sites for hydroxylation is 2. The molecule has 0 saturated carbocycles. The Balaban J connectivity index is 2.07. The number of amides is 2. The van der Waals surface area contributed by atoms with Gasteiger partial charge in [0.25, 0.3) is 5.91 Å². The molecule has 5 heteroatoms. The van der Waals surface area contributed by atoms with Gasteiger partial charge in [0.15, 0.2) is 0 Å². The zero-order valence-electron chi connectivity index (χ0n) is 17.6. The lowest BCUT2D eigenvalue weighted by Crippen LogP contribution is -2.59. The molecule has 0 aliphatic carbocycles. The Morgan fingerprint density at radius 2 is 1.97 bits per heavy atom. The number of hydrogen-bond donors (Lipinski definition) is 1. The van der Waals surface area contributed by atoms with Gasteiger partial charge in [-0.05, 0) is 74.4 Å². The van der Waals surface area contributed by atoms with Gasteiger partial charge in [-0.3, -0.25) is 14.5 Å². The Kier molecular flexibility index (Phi) is 6.33. The van der Waals surface area contributed by atoms with E-state index in [1.807, 2.05) is 50.2 Å². The molecule has 2 aromatic carbocycles. The van der Waals surface area contributed by atoms with Crippen LogP contribution in [0.15, 0.2) is 42.5 Å². The Morgan fingerprint density at radius 3 is 2.66 bits per heavy atom. The van der Waals surface area contributed by atoms with Crippen LogP contribution in [0.5, 0.6) is 0 Å². The zero-order valence-corrected chi connectivity index (χ0v) is 18.3. The average molecular weight is 413 g/mol. The van der Waals surface area contributed by atoms with Crippen molar-refractivity contribution in [1.82, 2.24) is 5.32 Å². The first kappa shape index (κ1) is 21.4. The molecule has 1 N–H and O–H groups in total. The molecule has 2 aromatic rings. The fraction of sp³-hybridized carbons (Fsp3) is 0.417. The summed E-state index contributed by atoms with van der Waals surface area (Å²) in [5.41, 5.74) is 2.23. The van der Waals surface area contributed by atoms with Crippen molar-refractivity contribution in [2.75, 3.05) is 11.4 Å². The van der Waals surface area contributed by atoms with E-state index in [4.69, 9.17) is 11.6 Å². The van der Waals surface area contributed by atoms with Crippen LogP contribution in [0.2, 0.25) is 5.02 Å². The van der Waals surface area contributed by atoms with E-state index in [0.717, 1.165) is 23.2 Å². The normalized spacial score (nSPS) is 19.1. The maximum absolute atomic E-state index is 13.7. The quantitative estimate of drug-likeness (QED) is 0.737. The van der Waals surface area contributed by atoms with Crippen LogP contribution >= 0.6 is 11.6 Å². The zero-order chi connectivity index (χ0) is 21.2. The molecule has 0 fully saturated rings. The summed E-state index contributed by atoms with van der Waals surface area (Å²) in [5.74, 6) is 0.233. The van der Waals surface area contributed by atoms with Gasteiger partial charge in [-0.2, -0.15) is 0 Å². The highest BCUT2D eigenvalue weighted by molar-refractivity contribution is 6.30. The minimum absolute atomic E-state index is 0.117. The van der Waals surface area contributed by atoms with E-state index in [1.165, 1.54) is 0 Å². The summed E-state index contributed by atoms with van der Waals surface area (Å²) in [5, 5.41) is 3.68. The van der Waals surface area contributed by atoms with Crippen molar-refractivity contribution in [2.45, 2.75) is 52.5 Å². The van der Waals surface area contributed by atoms with Crippen LogP contribution in [-0.4, -0.2) is 23.9 Å². The molecule has 0 aromatic heterocycles. The molecule has 3 rings (SSSR count). The molecule has 1 atom stereocenters. The lowest BCUT2D eigenvalue weighted by Gasteiger charge is -2.39. The Bertz CT molecular complexity index is 925. The fourth-order valence-corrected chi connectivity index (χ4v) is 4.13. The molecule has 154 valence electrons. The second-order valence-electron chi connectivity index (χ2n) is 8.44. The molecule has 29 heavy (non-hydrogen) atoms. The summed E-state index contributed by atoms with van der Waals surface area (Å²) in [7, 11) is 0. The van der Waals surface area contributed by atoms with E-state index in [1.54, 1.807) is 11.0 Å². The van der Waals surface area contributed by atoms with E-state index in [-0.39, 0.29) is 11.8 Å². The molecule has 0 spiro atoms. The third-order valence-electron chi connectivity index (χ3n) is 5.72. The van der Waals surface area contributed by atoms with Crippen LogP contribution in [0.4, 0.5) is 5.69 Å². The molecule has 0 saturated heterocycles. The van der Waals surface area contributed by atoms with Gasteiger partial charge in [-0.1, -0.05) is 43.6 Å². The van der Waals surface area contributed by atoms with Crippen LogP contribution in [0, 0.1) is 12.8 Å².